The van der Waals surface area contributed by atoms with Crippen LogP contribution in [-0.4, -0.2) is 67.6 Å². The number of aromatic nitrogens is 2. The van der Waals surface area contributed by atoms with Crippen LogP contribution in [0.4, 0.5) is 22.9 Å². The highest BCUT2D eigenvalue weighted by molar-refractivity contribution is 6.07. The van der Waals surface area contributed by atoms with Gasteiger partial charge in [-0.25, -0.2) is 9.97 Å². The summed E-state index contributed by atoms with van der Waals surface area (Å²) >= 11 is 0. The number of ketones is 1. The summed E-state index contributed by atoms with van der Waals surface area (Å²) in [4.78, 5) is 35.4. The summed E-state index contributed by atoms with van der Waals surface area (Å²) in [5.74, 6) is 0.331. The normalized spacial score (nSPS) is 10.9. The van der Waals surface area contributed by atoms with E-state index in [1.807, 2.05) is 37.2 Å². The Morgan fingerprint density at radius 1 is 1.08 bits per heavy atom. The summed E-state index contributed by atoms with van der Waals surface area (Å²) in [6.07, 6.45) is 5.88. The molecular weight excluding hydrogens is 470 g/mol. The molecule has 0 aliphatic rings. The third kappa shape index (κ3) is 6.98. The Morgan fingerprint density at radius 3 is 2.51 bits per heavy atom. The fourth-order valence-corrected chi connectivity index (χ4v) is 3.58. The van der Waals surface area contributed by atoms with E-state index in [1.54, 1.807) is 31.3 Å². The Morgan fingerprint density at radius 2 is 1.86 bits per heavy atom. The van der Waals surface area contributed by atoms with Crippen LogP contribution in [-0.2, 0) is 4.79 Å². The molecule has 0 aliphatic heterocycles. The highest BCUT2D eigenvalue weighted by Gasteiger charge is 2.16. The predicted octanol–water partition coefficient (Wildman–Crippen LogP) is 4.19. The summed E-state index contributed by atoms with van der Waals surface area (Å²) in [5.41, 5.74) is 4.23. The number of nitrogens with one attached hydrogen (secondary N) is 4. The second-order valence-corrected chi connectivity index (χ2v) is 8.42. The van der Waals surface area contributed by atoms with Gasteiger partial charge in [0.1, 0.15) is 17.9 Å². The minimum atomic E-state index is -0.350. The van der Waals surface area contributed by atoms with Crippen molar-refractivity contribution in [2.75, 3.05) is 50.7 Å². The average molecular weight is 502 g/mol. The molecule has 0 fully saturated rings. The van der Waals surface area contributed by atoms with Gasteiger partial charge < -0.3 is 31.0 Å². The summed E-state index contributed by atoms with van der Waals surface area (Å²) in [6, 6.07) is 10.6. The van der Waals surface area contributed by atoms with Crippen LogP contribution < -0.4 is 20.7 Å². The van der Waals surface area contributed by atoms with Crippen LogP contribution in [0.25, 0.3) is 11.3 Å². The van der Waals surface area contributed by atoms with Crippen LogP contribution in [0.3, 0.4) is 0 Å². The van der Waals surface area contributed by atoms with Gasteiger partial charge in [-0.2, -0.15) is 0 Å². The summed E-state index contributed by atoms with van der Waals surface area (Å²) in [5, 5.41) is 16.7. The standard InChI is InChI=1S/C27H31N7O3/c1-17(35)20-12-25(37-5)24(13-23(20)33-27(36)7-6-10-34(3)4)32-26-14-22(30-16-31-26)18-8-9-21(29-2)19(11-18)15-28/h6-9,11-16,28-29H,10H2,1-5H3,(H,33,36)(H,30,31,32)/b7-6+,28-15?. The first kappa shape index (κ1) is 27.0. The predicted molar refractivity (Wildman–Crippen MR) is 148 cm³/mol. The molecular formula is C27H31N7O3. The molecule has 0 spiro atoms. The first-order valence-corrected chi connectivity index (χ1v) is 11.5. The van der Waals surface area contributed by atoms with Crippen molar-refractivity contribution in [3.63, 3.8) is 0 Å². The lowest BCUT2D eigenvalue weighted by atomic mass is 10.1. The molecule has 10 heteroatoms. The Kier molecular flexibility index (Phi) is 9.06. The molecule has 0 aliphatic carbocycles. The molecule has 37 heavy (non-hydrogen) atoms. The van der Waals surface area contributed by atoms with E-state index < -0.39 is 0 Å². The zero-order valence-electron chi connectivity index (χ0n) is 21.5. The maximum Gasteiger partial charge on any atom is 0.248 e. The van der Waals surface area contributed by atoms with Gasteiger partial charge in [-0.3, -0.25) is 9.59 Å². The van der Waals surface area contributed by atoms with Gasteiger partial charge >= 0.3 is 0 Å². The number of hydrogen-bond acceptors (Lipinski definition) is 9. The zero-order valence-corrected chi connectivity index (χ0v) is 21.5. The third-order valence-corrected chi connectivity index (χ3v) is 5.42. The molecule has 4 N–H and O–H groups in total. The maximum atomic E-state index is 12.5. The Bertz CT molecular complexity index is 1340. The van der Waals surface area contributed by atoms with Gasteiger partial charge in [-0.15, -0.1) is 0 Å². The van der Waals surface area contributed by atoms with Gasteiger partial charge in [0.05, 0.1) is 24.2 Å². The number of carbonyl (C=O) groups excluding carboxylic acids is 2. The van der Waals surface area contributed by atoms with Crippen LogP contribution in [0, 0.1) is 5.41 Å². The second kappa shape index (κ2) is 12.4. The van der Waals surface area contributed by atoms with Crippen molar-refractivity contribution in [2.24, 2.45) is 0 Å². The smallest absolute Gasteiger partial charge is 0.248 e. The number of carbonyl (C=O) groups is 2. The van der Waals surface area contributed by atoms with Crippen LogP contribution >= 0.6 is 0 Å². The van der Waals surface area contributed by atoms with Gasteiger partial charge in [0.25, 0.3) is 0 Å². The second-order valence-electron chi connectivity index (χ2n) is 8.42. The lowest BCUT2D eigenvalue weighted by molar-refractivity contribution is -0.111. The van der Waals surface area contributed by atoms with E-state index in [9.17, 15) is 9.59 Å². The molecule has 1 heterocycles. The fraction of sp³-hybridized carbons (Fsp3) is 0.222. The summed E-state index contributed by atoms with van der Waals surface area (Å²) in [7, 11) is 7.11. The monoisotopic (exact) mass is 501 g/mol. The van der Waals surface area contributed by atoms with Crippen molar-refractivity contribution in [2.45, 2.75) is 6.92 Å². The summed E-state index contributed by atoms with van der Waals surface area (Å²) in [6.45, 7) is 2.04. The summed E-state index contributed by atoms with van der Waals surface area (Å²) < 4.78 is 5.51. The van der Waals surface area contributed by atoms with E-state index in [-0.39, 0.29) is 11.7 Å². The highest BCUT2D eigenvalue weighted by atomic mass is 16.5. The van der Waals surface area contributed by atoms with Gasteiger partial charge in [-0.1, -0.05) is 12.1 Å². The molecule has 2 aromatic carbocycles. The minimum Gasteiger partial charge on any atom is -0.495 e. The molecule has 1 aromatic heterocycles. The molecule has 192 valence electrons. The van der Waals surface area contributed by atoms with E-state index in [0.29, 0.717) is 40.7 Å². The molecule has 0 bridgehead atoms. The maximum absolute atomic E-state index is 12.5. The average Bonchev–Trinajstić information content (AvgIpc) is 2.88. The van der Waals surface area contributed by atoms with Crippen molar-refractivity contribution in [1.82, 2.24) is 14.9 Å². The highest BCUT2D eigenvalue weighted by Crippen LogP contribution is 2.34. The van der Waals surface area contributed by atoms with E-state index in [2.05, 4.69) is 25.9 Å². The molecule has 10 nitrogen and oxygen atoms in total. The first-order valence-electron chi connectivity index (χ1n) is 11.5. The molecule has 0 atom stereocenters. The lowest BCUT2D eigenvalue weighted by Crippen LogP contribution is -2.14. The largest absolute Gasteiger partial charge is 0.495 e. The van der Waals surface area contributed by atoms with Crippen LogP contribution in [0.15, 0.2) is 54.9 Å². The number of methoxy groups -OCH3 is 1. The van der Waals surface area contributed by atoms with Crippen LogP contribution in [0.1, 0.15) is 22.8 Å². The number of rotatable bonds is 11. The van der Waals surface area contributed by atoms with Crippen molar-refractivity contribution >= 4 is 40.8 Å². The van der Waals surface area contributed by atoms with E-state index >= 15 is 0 Å². The van der Waals surface area contributed by atoms with Crippen LogP contribution in [0.2, 0.25) is 0 Å². The Labute approximate surface area is 216 Å². The fourth-order valence-electron chi connectivity index (χ4n) is 3.58. The number of ether oxygens (including phenoxy) is 1. The first-order chi connectivity index (χ1) is 17.7. The van der Waals surface area contributed by atoms with E-state index in [4.69, 9.17) is 10.1 Å². The van der Waals surface area contributed by atoms with Crippen LogP contribution in [0.5, 0.6) is 5.75 Å². The zero-order chi connectivity index (χ0) is 26.9. The quantitative estimate of drug-likeness (QED) is 0.175. The molecule has 0 saturated carbocycles. The SMILES string of the molecule is CNc1ccc(-c2cc(Nc3cc(NC(=O)/C=C/CN(C)C)c(C(C)=O)cc3OC)ncn2)cc1C=N. The van der Waals surface area contributed by atoms with Crippen molar-refractivity contribution in [3.05, 3.63) is 66.0 Å². The van der Waals surface area contributed by atoms with E-state index in [1.165, 1.54) is 32.7 Å². The number of amides is 1. The Hall–Kier alpha value is -4.57. The topological polar surface area (TPSA) is 132 Å². The molecule has 0 radical (unpaired) electrons. The molecule has 3 rings (SSSR count). The molecule has 0 saturated heterocycles. The number of nitrogens with zero attached hydrogens (tertiary/aromatic N) is 3. The van der Waals surface area contributed by atoms with Crippen molar-refractivity contribution in [1.29, 1.82) is 5.41 Å². The lowest BCUT2D eigenvalue weighted by Gasteiger charge is -2.16. The molecule has 0 unspecified atom stereocenters. The third-order valence-electron chi connectivity index (χ3n) is 5.42. The van der Waals surface area contributed by atoms with Gasteiger partial charge in [0.2, 0.25) is 5.91 Å². The number of likely N-dealkylation sites (N-methyl/N-ethyl adjacent to an activating group) is 1. The number of hydrogen-bond donors (Lipinski definition) is 4. The van der Waals surface area contributed by atoms with Crippen molar-refractivity contribution in [3.8, 4) is 17.0 Å². The van der Waals surface area contributed by atoms with Crippen molar-refractivity contribution < 1.29 is 14.3 Å². The Balaban J connectivity index is 1.94. The number of Topliss-reactive ketones (excluding diaryl/α,β-unsaturated/α-hetero) is 1. The van der Waals surface area contributed by atoms with Gasteiger partial charge in [-0.05, 0) is 45.3 Å². The molecule has 3 aromatic rings. The molecule has 1 amide bonds. The minimum absolute atomic E-state index is 0.214. The number of anilines is 4. The number of benzene rings is 2. The van der Waals surface area contributed by atoms with Gasteiger partial charge in [0.15, 0.2) is 5.78 Å². The van der Waals surface area contributed by atoms with E-state index in [0.717, 1.165) is 16.8 Å². The van der Waals surface area contributed by atoms with Gasteiger partial charge in [0, 0.05) is 54.3 Å².